The fourth-order valence-electron chi connectivity index (χ4n) is 4.71. The van der Waals surface area contributed by atoms with Crippen molar-refractivity contribution in [2.75, 3.05) is 26.2 Å². The molecule has 0 N–H and O–H groups in total. The molecular weight excluding hydrogens is 444 g/mol. The van der Waals surface area contributed by atoms with Crippen LogP contribution in [0.2, 0.25) is 5.02 Å². The fraction of sp³-hybridized carbons (Fsp3) is 0.458. The summed E-state index contributed by atoms with van der Waals surface area (Å²) < 4.78 is 1.83. The third-order valence-electron chi connectivity index (χ3n) is 6.58. The third-order valence-corrected chi connectivity index (χ3v) is 8.01. The number of halogens is 1. The summed E-state index contributed by atoms with van der Waals surface area (Å²) in [5, 5.41) is 1.37. The van der Waals surface area contributed by atoms with Gasteiger partial charge in [-0.15, -0.1) is 11.3 Å². The van der Waals surface area contributed by atoms with Gasteiger partial charge in [0.05, 0.1) is 10.3 Å². The van der Waals surface area contributed by atoms with Crippen molar-refractivity contribution in [2.24, 2.45) is 0 Å². The number of aryl methyl sites for hydroxylation is 2. The first-order chi connectivity index (χ1) is 15.5. The van der Waals surface area contributed by atoms with E-state index < -0.39 is 0 Å². The van der Waals surface area contributed by atoms with Crippen LogP contribution in [0.1, 0.15) is 45.9 Å². The summed E-state index contributed by atoms with van der Waals surface area (Å²) in [6, 6.07) is 7.93. The molecule has 3 aromatic rings. The van der Waals surface area contributed by atoms with Gasteiger partial charge in [-0.05, 0) is 43.0 Å². The summed E-state index contributed by atoms with van der Waals surface area (Å²) in [6.07, 6.45) is 4.04. The minimum Gasteiger partial charge on any atom is -0.335 e. The molecule has 1 saturated heterocycles. The van der Waals surface area contributed by atoms with Crippen molar-refractivity contribution in [3.8, 4) is 0 Å². The molecule has 4 heterocycles. The molecule has 0 saturated carbocycles. The summed E-state index contributed by atoms with van der Waals surface area (Å²) in [7, 11) is 0. The molecule has 168 valence electrons. The zero-order valence-electron chi connectivity index (χ0n) is 18.3. The number of aromatic nitrogens is 2. The lowest BCUT2D eigenvalue weighted by Gasteiger charge is -2.34. The molecule has 0 aliphatic carbocycles. The van der Waals surface area contributed by atoms with E-state index in [1.54, 1.807) is 0 Å². The zero-order valence-corrected chi connectivity index (χ0v) is 19.8. The Labute approximate surface area is 196 Å². The van der Waals surface area contributed by atoms with Crippen LogP contribution in [-0.2, 0) is 19.5 Å². The lowest BCUT2D eigenvalue weighted by atomic mass is 10.1. The number of carbonyl (C=O) groups is 1. The van der Waals surface area contributed by atoms with Gasteiger partial charge >= 0.3 is 0 Å². The molecular formula is C24H27ClN4O2S. The second kappa shape index (κ2) is 8.96. The van der Waals surface area contributed by atoms with Gasteiger partial charge in [0, 0.05) is 50.7 Å². The number of benzene rings is 1. The maximum absolute atomic E-state index is 13.3. The number of rotatable bonds is 3. The predicted molar refractivity (Wildman–Crippen MR) is 129 cm³/mol. The number of piperazine rings is 1. The second-order valence-corrected chi connectivity index (χ2v) is 10.2. The number of fused-ring (bicyclic) bond motifs is 2. The van der Waals surface area contributed by atoms with Crippen LogP contribution in [0.25, 0.3) is 10.2 Å². The molecule has 0 spiro atoms. The highest BCUT2D eigenvalue weighted by Gasteiger charge is 2.27. The maximum Gasteiger partial charge on any atom is 0.264 e. The monoisotopic (exact) mass is 470 g/mol. The van der Waals surface area contributed by atoms with Crippen molar-refractivity contribution >= 4 is 39.1 Å². The molecule has 2 aliphatic heterocycles. The van der Waals surface area contributed by atoms with Crippen molar-refractivity contribution in [3.05, 3.63) is 61.5 Å². The topological polar surface area (TPSA) is 58.4 Å². The number of nitrogens with zero attached hydrogens (tertiary/aromatic N) is 4. The third kappa shape index (κ3) is 4.09. The van der Waals surface area contributed by atoms with E-state index in [9.17, 15) is 9.59 Å². The zero-order chi connectivity index (χ0) is 22.2. The van der Waals surface area contributed by atoms with Gasteiger partial charge < -0.3 is 4.90 Å². The van der Waals surface area contributed by atoms with E-state index in [1.807, 2.05) is 40.7 Å². The number of thiophene rings is 1. The lowest BCUT2D eigenvalue weighted by molar-refractivity contribution is 0.0632. The summed E-state index contributed by atoms with van der Waals surface area (Å²) >= 11 is 7.36. The summed E-state index contributed by atoms with van der Waals surface area (Å²) in [5.41, 5.74) is 2.03. The van der Waals surface area contributed by atoms with Crippen molar-refractivity contribution in [2.45, 2.75) is 45.7 Å². The smallest absolute Gasteiger partial charge is 0.264 e. The normalized spacial score (nSPS) is 17.4. The maximum atomic E-state index is 13.3. The Hall–Kier alpha value is -2.22. The first-order valence-electron chi connectivity index (χ1n) is 11.3. The van der Waals surface area contributed by atoms with E-state index >= 15 is 0 Å². The highest BCUT2D eigenvalue weighted by Crippen LogP contribution is 2.30. The van der Waals surface area contributed by atoms with Crippen molar-refractivity contribution < 1.29 is 4.79 Å². The van der Waals surface area contributed by atoms with E-state index in [-0.39, 0.29) is 11.5 Å². The second-order valence-electron chi connectivity index (χ2n) is 8.73. The van der Waals surface area contributed by atoms with Gasteiger partial charge in [-0.25, -0.2) is 4.98 Å². The number of amides is 1. The van der Waals surface area contributed by atoms with E-state index in [4.69, 9.17) is 16.6 Å². The van der Waals surface area contributed by atoms with Crippen molar-refractivity contribution in [3.63, 3.8) is 0 Å². The van der Waals surface area contributed by atoms with E-state index in [2.05, 4.69) is 4.90 Å². The number of hydrogen-bond donors (Lipinski definition) is 0. The molecule has 1 amide bonds. The molecule has 32 heavy (non-hydrogen) atoms. The lowest BCUT2D eigenvalue weighted by Crippen LogP contribution is -2.48. The predicted octanol–water partition coefficient (Wildman–Crippen LogP) is 4.10. The van der Waals surface area contributed by atoms with Gasteiger partial charge in [0.1, 0.15) is 10.7 Å². The molecule has 6 nitrogen and oxygen atoms in total. The number of carbonyl (C=O) groups excluding carboxylic acids is 1. The number of hydrogen-bond acceptors (Lipinski definition) is 5. The average molecular weight is 471 g/mol. The van der Waals surface area contributed by atoms with Gasteiger partial charge in [0.25, 0.3) is 11.5 Å². The van der Waals surface area contributed by atoms with Crippen LogP contribution in [0.4, 0.5) is 0 Å². The van der Waals surface area contributed by atoms with Gasteiger partial charge in [-0.1, -0.05) is 30.2 Å². The molecule has 2 aromatic heterocycles. The van der Waals surface area contributed by atoms with Crippen molar-refractivity contribution in [1.82, 2.24) is 19.4 Å². The van der Waals surface area contributed by atoms with E-state index in [0.717, 1.165) is 68.3 Å². The van der Waals surface area contributed by atoms with Gasteiger partial charge in [0.15, 0.2) is 0 Å². The van der Waals surface area contributed by atoms with Gasteiger partial charge in [-0.2, -0.15) is 0 Å². The Bertz CT molecular complexity index is 1210. The first kappa shape index (κ1) is 21.6. The molecule has 0 bridgehead atoms. The Morgan fingerprint density at radius 2 is 1.81 bits per heavy atom. The first-order valence-corrected chi connectivity index (χ1v) is 12.5. The molecule has 1 fully saturated rings. The van der Waals surface area contributed by atoms with Crippen LogP contribution in [0.3, 0.4) is 0 Å². The molecule has 0 radical (unpaired) electrons. The highest BCUT2D eigenvalue weighted by molar-refractivity contribution is 7.20. The fourth-order valence-corrected chi connectivity index (χ4v) is 6.00. The molecule has 2 aliphatic rings. The van der Waals surface area contributed by atoms with Crippen LogP contribution in [0.15, 0.2) is 29.1 Å². The van der Waals surface area contributed by atoms with Crippen LogP contribution < -0.4 is 5.56 Å². The molecule has 1 aromatic carbocycles. The average Bonchev–Trinajstić information content (AvgIpc) is 2.96. The minimum atomic E-state index is 0.0208. The van der Waals surface area contributed by atoms with E-state index in [1.165, 1.54) is 16.9 Å². The Kier molecular flexibility index (Phi) is 6.05. The molecule has 8 heteroatoms. The molecule has 0 atom stereocenters. The van der Waals surface area contributed by atoms with Crippen molar-refractivity contribution in [1.29, 1.82) is 0 Å². The van der Waals surface area contributed by atoms with Gasteiger partial charge in [-0.3, -0.25) is 19.1 Å². The van der Waals surface area contributed by atoms with Crippen LogP contribution >= 0.6 is 22.9 Å². The van der Waals surface area contributed by atoms with Crippen LogP contribution in [0.5, 0.6) is 0 Å². The Morgan fingerprint density at radius 3 is 2.56 bits per heavy atom. The Balaban J connectivity index is 1.33. The minimum absolute atomic E-state index is 0.0208. The summed E-state index contributed by atoms with van der Waals surface area (Å²) in [6.45, 7) is 6.50. The van der Waals surface area contributed by atoms with Gasteiger partial charge in [0.2, 0.25) is 0 Å². The molecule has 0 unspecified atom stereocenters. The van der Waals surface area contributed by atoms with Crippen LogP contribution in [-0.4, -0.2) is 51.4 Å². The summed E-state index contributed by atoms with van der Waals surface area (Å²) in [4.78, 5) is 37.0. The molecule has 5 rings (SSSR count). The van der Waals surface area contributed by atoms with Crippen LogP contribution in [0, 0.1) is 6.92 Å². The standard InChI is InChI=1S/C24H27ClN4O2S/c1-16-20-22(26-19-5-3-2-4-10-29(19)23(20)30)32-21(16)24(31)28-13-11-27(12-14-28)15-17-6-8-18(25)9-7-17/h6-9H,2-5,10-15H2,1H3. The van der Waals surface area contributed by atoms with E-state index in [0.29, 0.717) is 28.2 Å². The highest BCUT2D eigenvalue weighted by atomic mass is 35.5. The Morgan fingerprint density at radius 1 is 1.06 bits per heavy atom. The quantitative estimate of drug-likeness (QED) is 0.578. The SMILES string of the molecule is Cc1c(C(=O)N2CCN(Cc3ccc(Cl)cc3)CC2)sc2nc3n(c(=O)c12)CCCCC3. The summed E-state index contributed by atoms with van der Waals surface area (Å²) in [5.74, 6) is 0.896. The largest absolute Gasteiger partial charge is 0.335 e.